The van der Waals surface area contributed by atoms with Crippen molar-refractivity contribution in [2.75, 3.05) is 4.72 Å². The highest BCUT2D eigenvalue weighted by Crippen LogP contribution is 2.26. The Morgan fingerprint density at radius 2 is 1.76 bits per heavy atom. The lowest BCUT2D eigenvalue weighted by Gasteiger charge is -2.13. The van der Waals surface area contributed by atoms with Gasteiger partial charge in [-0.25, -0.2) is 8.42 Å². The van der Waals surface area contributed by atoms with E-state index in [0.717, 1.165) is 5.56 Å². The highest BCUT2D eigenvalue weighted by atomic mass is 35.5. The first-order chi connectivity index (χ1) is 9.83. The topological polar surface area (TPSA) is 72.2 Å². The van der Waals surface area contributed by atoms with Gasteiger partial charge in [0.2, 0.25) is 0 Å². The van der Waals surface area contributed by atoms with Crippen LogP contribution in [0.4, 0.5) is 5.69 Å². The largest absolute Gasteiger partial charge is 0.326 e. The first-order valence-electron chi connectivity index (χ1n) is 6.42. The number of anilines is 1. The van der Waals surface area contributed by atoms with E-state index in [1.165, 1.54) is 6.07 Å². The molecule has 0 spiro atoms. The molecule has 0 aromatic heterocycles. The van der Waals surface area contributed by atoms with Crippen LogP contribution < -0.4 is 10.5 Å². The van der Waals surface area contributed by atoms with E-state index in [0.29, 0.717) is 21.8 Å². The van der Waals surface area contributed by atoms with Crippen molar-refractivity contribution in [3.63, 3.8) is 0 Å². The number of halogens is 1. The van der Waals surface area contributed by atoms with Crippen molar-refractivity contribution in [3.05, 3.63) is 58.1 Å². The van der Waals surface area contributed by atoms with Crippen LogP contribution in [0.1, 0.15) is 16.7 Å². The molecular weight excluding hydrogens is 308 g/mol. The van der Waals surface area contributed by atoms with Gasteiger partial charge in [-0.3, -0.25) is 4.72 Å². The van der Waals surface area contributed by atoms with Gasteiger partial charge in [0.1, 0.15) is 0 Å². The zero-order valence-corrected chi connectivity index (χ0v) is 13.4. The fourth-order valence-electron chi connectivity index (χ4n) is 2.03. The third-order valence-corrected chi connectivity index (χ3v) is 4.97. The predicted octanol–water partition coefficient (Wildman–Crippen LogP) is 3.22. The van der Waals surface area contributed by atoms with Crippen LogP contribution in [0, 0.1) is 13.8 Å². The summed E-state index contributed by atoms with van der Waals surface area (Å²) >= 11 is 5.98. The molecule has 0 unspecified atom stereocenters. The second kappa shape index (κ2) is 6.05. The molecule has 21 heavy (non-hydrogen) atoms. The smallest absolute Gasteiger partial charge is 0.262 e. The van der Waals surface area contributed by atoms with Gasteiger partial charge in [-0.2, -0.15) is 0 Å². The summed E-state index contributed by atoms with van der Waals surface area (Å²) in [5.74, 6) is 0. The third-order valence-electron chi connectivity index (χ3n) is 3.25. The van der Waals surface area contributed by atoms with Crippen molar-refractivity contribution < 1.29 is 8.42 Å². The molecular formula is C15H17ClN2O2S. The summed E-state index contributed by atoms with van der Waals surface area (Å²) in [7, 11) is -3.70. The van der Waals surface area contributed by atoms with Gasteiger partial charge in [0.25, 0.3) is 10.0 Å². The van der Waals surface area contributed by atoms with E-state index >= 15 is 0 Å². The molecule has 2 aromatic rings. The van der Waals surface area contributed by atoms with Gasteiger partial charge >= 0.3 is 0 Å². The van der Waals surface area contributed by atoms with Crippen LogP contribution >= 0.6 is 11.6 Å². The second-order valence-electron chi connectivity index (χ2n) is 4.86. The van der Waals surface area contributed by atoms with E-state index < -0.39 is 10.0 Å². The van der Waals surface area contributed by atoms with Crippen LogP contribution in [0.15, 0.2) is 41.3 Å². The monoisotopic (exact) mass is 324 g/mol. The van der Waals surface area contributed by atoms with Crippen LogP contribution in [0.25, 0.3) is 0 Å². The average Bonchev–Trinajstić information content (AvgIpc) is 2.43. The maximum Gasteiger partial charge on any atom is 0.262 e. The lowest BCUT2D eigenvalue weighted by atomic mass is 10.1. The van der Waals surface area contributed by atoms with Crippen molar-refractivity contribution in [2.24, 2.45) is 5.73 Å². The molecule has 0 saturated carbocycles. The van der Waals surface area contributed by atoms with Gasteiger partial charge < -0.3 is 5.73 Å². The zero-order chi connectivity index (χ0) is 15.6. The Balaban J connectivity index is 2.44. The van der Waals surface area contributed by atoms with E-state index in [1.54, 1.807) is 25.1 Å². The molecule has 4 nitrogen and oxygen atoms in total. The van der Waals surface area contributed by atoms with Crippen LogP contribution in [-0.2, 0) is 16.6 Å². The van der Waals surface area contributed by atoms with E-state index in [4.69, 9.17) is 17.3 Å². The minimum atomic E-state index is -3.70. The lowest BCUT2D eigenvalue weighted by molar-refractivity contribution is 0.600. The molecule has 0 aliphatic heterocycles. The minimum absolute atomic E-state index is 0.149. The van der Waals surface area contributed by atoms with Crippen molar-refractivity contribution in [3.8, 4) is 0 Å². The minimum Gasteiger partial charge on any atom is -0.326 e. The highest BCUT2D eigenvalue weighted by molar-refractivity contribution is 7.92. The van der Waals surface area contributed by atoms with Crippen LogP contribution in [-0.4, -0.2) is 8.42 Å². The Labute approximate surface area is 130 Å². The predicted molar refractivity (Wildman–Crippen MR) is 86.1 cm³/mol. The standard InChI is InChI=1S/C15H17ClN2O2S/c1-10-3-5-14(6-4-10)18-21(19,20)15-8-13(16)7-12(9-17)11(15)2/h3-8,18H,9,17H2,1-2H3. The first-order valence-corrected chi connectivity index (χ1v) is 8.28. The number of sulfonamides is 1. The summed E-state index contributed by atoms with van der Waals surface area (Å²) in [6, 6.07) is 10.2. The van der Waals surface area contributed by atoms with E-state index in [2.05, 4.69) is 4.72 Å². The van der Waals surface area contributed by atoms with E-state index in [1.807, 2.05) is 19.1 Å². The van der Waals surface area contributed by atoms with Crippen molar-refractivity contribution in [2.45, 2.75) is 25.3 Å². The SMILES string of the molecule is Cc1ccc(NS(=O)(=O)c2cc(Cl)cc(CN)c2C)cc1. The molecule has 0 amide bonds. The van der Waals surface area contributed by atoms with Gasteiger partial charge in [0.15, 0.2) is 0 Å². The fourth-order valence-corrected chi connectivity index (χ4v) is 3.71. The summed E-state index contributed by atoms with van der Waals surface area (Å²) in [5, 5.41) is 0.352. The Bertz CT molecular complexity index is 756. The molecule has 6 heteroatoms. The molecule has 0 bridgehead atoms. The number of aryl methyl sites for hydroxylation is 1. The quantitative estimate of drug-likeness (QED) is 0.907. The van der Waals surface area contributed by atoms with Crippen molar-refractivity contribution in [1.29, 1.82) is 0 Å². The van der Waals surface area contributed by atoms with Crippen LogP contribution in [0.5, 0.6) is 0 Å². The number of benzene rings is 2. The maximum atomic E-state index is 12.5. The highest BCUT2D eigenvalue weighted by Gasteiger charge is 2.19. The van der Waals surface area contributed by atoms with Gasteiger partial charge in [-0.05, 0) is 49.2 Å². The molecule has 112 valence electrons. The fraction of sp³-hybridized carbons (Fsp3) is 0.200. The summed E-state index contributed by atoms with van der Waals surface area (Å²) in [6.45, 7) is 3.90. The number of rotatable bonds is 4. The second-order valence-corrected chi connectivity index (χ2v) is 6.95. The molecule has 0 saturated heterocycles. The Hall–Kier alpha value is -1.56. The normalized spacial score (nSPS) is 11.4. The molecule has 0 aliphatic rings. The first kappa shape index (κ1) is 15.8. The molecule has 0 aliphatic carbocycles. The van der Waals surface area contributed by atoms with Gasteiger partial charge in [-0.1, -0.05) is 29.3 Å². The van der Waals surface area contributed by atoms with Crippen molar-refractivity contribution in [1.82, 2.24) is 0 Å². The Kier molecular flexibility index (Phi) is 4.56. The van der Waals surface area contributed by atoms with Crippen molar-refractivity contribution >= 4 is 27.3 Å². The molecule has 0 radical (unpaired) electrons. The average molecular weight is 325 g/mol. The van der Waals surface area contributed by atoms with E-state index in [9.17, 15) is 8.42 Å². The molecule has 2 rings (SSSR count). The molecule has 2 aromatic carbocycles. The summed E-state index contributed by atoms with van der Waals surface area (Å²) < 4.78 is 27.6. The third kappa shape index (κ3) is 3.56. The van der Waals surface area contributed by atoms with Crippen LogP contribution in [0.2, 0.25) is 5.02 Å². The summed E-state index contributed by atoms with van der Waals surface area (Å²) in [5.41, 5.74) is 8.52. The number of hydrogen-bond donors (Lipinski definition) is 2. The zero-order valence-electron chi connectivity index (χ0n) is 11.9. The summed E-state index contributed by atoms with van der Waals surface area (Å²) in [6.07, 6.45) is 0. The number of nitrogens with two attached hydrogens (primary N) is 1. The Morgan fingerprint density at radius 3 is 2.33 bits per heavy atom. The Morgan fingerprint density at radius 1 is 1.14 bits per heavy atom. The maximum absolute atomic E-state index is 12.5. The number of nitrogens with one attached hydrogen (secondary N) is 1. The molecule has 0 heterocycles. The molecule has 0 fully saturated rings. The van der Waals surface area contributed by atoms with Gasteiger partial charge in [-0.15, -0.1) is 0 Å². The van der Waals surface area contributed by atoms with E-state index in [-0.39, 0.29) is 11.4 Å². The molecule has 3 N–H and O–H groups in total. The molecule has 0 atom stereocenters. The lowest BCUT2D eigenvalue weighted by Crippen LogP contribution is -2.15. The van der Waals surface area contributed by atoms with Gasteiger partial charge in [0, 0.05) is 17.3 Å². The number of hydrogen-bond acceptors (Lipinski definition) is 3. The van der Waals surface area contributed by atoms with Gasteiger partial charge in [0.05, 0.1) is 4.90 Å². The van der Waals surface area contributed by atoms with Crippen LogP contribution in [0.3, 0.4) is 0 Å². The summed E-state index contributed by atoms with van der Waals surface area (Å²) in [4.78, 5) is 0.149.